The summed E-state index contributed by atoms with van der Waals surface area (Å²) < 4.78 is 28.0. The van der Waals surface area contributed by atoms with Crippen LogP contribution in [0.3, 0.4) is 0 Å². The molecule has 0 amide bonds. The van der Waals surface area contributed by atoms with Crippen molar-refractivity contribution in [3.63, 3.8) is 0 Å². The normalized spacial score (nSPS) is 19.6. The molecular formula is C14H30O5Si. The maximum Gasteiger partial charge on any atom is 0.500 e. The van der Waals surface area contributed by atoms with Crippen LogP contribution in [0.5, 0.6) is 0 Å². The zero-order valence-electron chi connectivity index (χ0n) is 13.6. The van der Waals surface area contributed by atoms with Gasteiger partial charge in [0.05, 0.1) is 19.3 Å². The average molecular weight is 306 g/mol. The quantitative estimate of drug-likeness (QED) is 0.549. The third-order valence-electron chi connectivity index (χ3n) is 4.34. The lowest BCUT2D eigenvalue weighted by Gasteiger charge is -2.47. The molecule has 1 fully saturated rings. The van der Waals surface area contributed by atoms with Crippen LogP contribution in [0, 0.1) is 5.41 Å². The van der Waals surface area contributed by atoms with Gasteiger partial charge in [0.2, 0.25) is 0 Å². The van der Waals surface area contributed by atoms with Gasteiger partial charge in [-0.25, -0.2) is 0 Å². The lowest BCUT2D eigenvalue weighted by molar-refractivity contribution is -0.190. The van der Waals surface area contributed by atoms with Gasteiger partial charge in [-0.05, 0) is 19.3 Å². The molecule has 1 unspecified atom stereocenters. The molecule has 1 heterocycles. The highest BCUT2D eigenvalue weighted by atomic mass is 28.4. The van der Waals surface area contributed by atoms with E-state index in [1.165, 1.54) is 0 Å². The number of hydrogen-bond acceptors (Lipinski definition) is 5. The second-order valence-electron chi connectivity index (χ2n) is 5.40. The Labute approximate surface area is 124 Å². The first kappa shape index (κ1) is 18.1. The van der Waals surface area contributed by atoms with Crippen LogP contribution in [-0.2, 0) is 22.8 Å². The van der Waals surface area contributed by atoms with Crippen molar-refractivity contribution in [2.45, 2.75) is 45.3 Å². The third-order valence-corrected chi connectivity index (χ3v) is 7.10. The first-order chi connectivity index (χ1) is 9.62. The van der Waals surface area contributed by atoms with Crippen molar-refractivity contribution in [3.8, 4) is 0 Å². The van der Waals surface area contributed by atoms with Gasteiger partial charge in [0.1, 0.15) is 0 Å². The summed E-state index contributed by atoms with van der Waals surface area (Å²) in [7, 11) is 2.45. The van der Waals surface area contributed by atoms with Gasteiger partial charge in [0.15, 0.2) is 0 Å². The molecule has 0 aromatic rings. The highest BCUT2D eigenvalue weighted by Crippen LogP contribution is 2.39. The molecule has 0 bridgehead atoms. The van der Waals surface area contributed by atoms with Crippen LogP contribution < -0.4 is 0 Å². The molecule has 1 aliphatic rings. The molecule has 1 rings (SSSR count). The second-order valence-corrected chi connectivity index (χ2v) is 8.49. The smallest absolute Gasteiger partial charge is 0.380 e. The van der Waals surface area contributed by atoms with Crippen LogP contribution in [-0.4, -0.2) is 56.1 Å². The Balaban J connectivity index is 2.65. The van der Waals surface area contributed by atoms with Crippen LogP contribution in [0.15, 0.2) is 0 Å². The molecule has 1 saturated heterocycles. The van der Waals surface area contributed by atoms with E-state index in [9.17, 15) is 0 Å². The minimum Gasteiger partial charge on any atom is -0.380 e. The standard InChI is InChI=1S/C14H30O5Si/c1-6-9-19-13(14(7-2)11-18-12-14)8-10-20(15-3,16-4)17-5/h13H,6-12H2,1-5H3. The van der Waals surface area contributed by atoms with Crippen molar-refractivity contribution < 1.29 is 22.8 Å². The zero-order valence-corrected chi connectivity index (χ0v) is 14.6. The summed E-state index contributed by atoms with van der Waals surface area (Å²) >= 11 is 0. The molecule has 0 aliphatic carbocycles. The van der Waals surface area contributed by atoms with E-state index in [1.807, 2.05) is 0 Å². The molecule has 0 N–H and O–H groups in total. The Morgan fingerprint density at radius 3 is 2.05 bits per heavy atom. The van der Waals surface area contributed by atoms with Crippen molar-refractivity contribution >= 4 is 8.80 Å². The lowest BCUT2D eigenvalue weighted by atomic mass is 9.76. The van der Waals surface area contributed by atoms with Crippen molar-refractivity contribution in [1.82, 2.24) is 0 Å². The molecular weight excluding hydrogens is 276 g/mol. The number of rotatable bonds is 11. The highest BCUT2D eigenvalue weighted by Gasteiger charge is 2.47. The minimum atomic E-state index is -2.52. The summed E-state index contributed by atoms with van der Waals surface area (Å²) in [5, 5.41) is 0. The molecule has 0 radical (unpaired) electrons. The van der Waals surface area contributed by atoms with Crippen molar-refractivity contribution in [2.75, 3.05) is 41.2 Å². The fraction of sp³-hybridized carbons (Fsp3) is 1.00. The van der Waals surface area contributed by atoms with Gasteiger partial charge in [-0.15, -0.1) is 0 Å². The van der Waals surface area contributed by atoms with E-state index in [4.69, 9.17) is 22.8 Å². The number of ether oxygens (including phenoxy) is 2. The maximum absolute atomic E-state index is 6.09. The van der Waals surface area contributed by atoms with Crippen LogP contribution in [0.25, 0.3) is 0 Å². The molecule has 5 nitrogen and oxygen atoms in total. The topological polar surface area (TPSA) is 46.2 Å². The minimum absolute atomic E-state index is 0.157. The second kappa shape index (κ2) is 8.46. The zero-order chi connectivity index (χ0) is 15.1. The van der Waals surface area contributed by atoms with E-state index in [0.717, 1.165) is 45.1 Å². The molecule has 0 aromatic carbocycles. The Bertz CT molecular complexity index is 253. The molecule has 0 saturated carbocycles. The van der Waals surface area contributed by atoms with E-state index >= 15 is 0 Å². The summed E-state index contributed by atoms with van der Waals surface area (Å²) in [5.74, 6) is 0. The predicted octanol–water partition coefficient (Wildman–Crippen LogP) is 2.48. The molecule has 1 aliphatic heterocycles. The van der Waals surface area contributed by atoms with Gasteiger partial charge in [0.25, 0.3) is 0 Å². The summed E-state index contributed by atoms with van der Waals surface area (Å²) in [6, 6.07) is 0.770. The first-order valence-corrected chi connectivity index (χ1v) is 9.40. The fourth-order valence-electron chi connectivity index (χ4n) is 2.67. The summed E-state index contributed by atoms with van der Waals surface area (Å²) in [6.45, 7) is 6.70. The monoisotopic (exact) mass is 306 g/mol. The summed E-state index contributed by atoms with van der Waals surface area (Å²) in [6.07, 6.45) is 3.17. The van der Waals surface area contributed by atoms with Crippen LogP contribution in [0.2, 0.25) is 6.04 Å². The average Bonchev–Trinajstić information content (AvgIpc) is 2.45. The summed E-state index contributed by atoms with van der Waals surface area (Å²) in [4.78, 5) is 0. The molecule has 6 heteroatoms. The molecule has 0 aromatic heterocycles. The maximum atomic E-state index is 6.09. The molecule has 20 heavy (non-hydrogen) atoms. The van der Waals surface area contributed by atoms with Crippen LogP contribution in [0.1, 0.15) is 33.1 Å². The van der Waals surface area contributed by atoms with Crippen LogP contribution in [0.4, 0.5) is 0 Å². The van der Waals surface area contributed by atoms with E-state index in [-0.39, 0.29) is 11.5 Å². The van der Waals surface area contributed by atoms with Gasteiger partial charge in [-0.3, -0.25) is 0 Å². The van der Waals surface area contributed by atoms with Crippen molar-refractivity contribution in [3.05, 3.63) is 0 Å². The van der Waals surface area contributed by atoms with Crippen molar-refractivity contribution in [2.24, 2.45) is 5.41 Å². The van der Waals surface area contributed by atoms with Crippen molar-refractivity contribution in [1.29, 1.82) is 0 Å². The molecule has 120 valence electrons. The molecule has 0 spiro atoms. The van der Waals surface area contributed by atoms with Gasteiger partial charge in [-0.1, -0.05) is 13.8 Å². The summed E-state index contributed by atoms with van der Waals surface area (Å²) in [5.41, 5.74) is 0.157. The van der Waals surface area contributed by atoms with Gasteiger partial charge >= 0.3 is 8.80 Å². The Hall–Kier alpha value is 0.0169. The molecule has 1 atom stereocenters. The largest absolute Gasteiger partial charge is 0.500 e. The van der Waals surface area contributed by atoms with E-state index in [2.05, 4.69) is 13.8 Å². The number of hydrogen-bond donors (Lipinski definition) is 0. The SMILES string of the molecule is CCCOC(CC[Si](OC)(OC)OC)C1(CC)COC1. The Morgan fingerprint density at radius 1 is 1.10 bits per heavy atom. The first-order valence-electron chi connectivity index (χ1n) is 7.46. The Kier molecular flexibility index (Phi) is 7.64. The lowest BCUT2D eigenvalue weighted by Crippen LogP contribution is -2.53. The highest BCUT2D eigenvalue weighted by molar-refractivity contribution is 6.60. The van der Waals surface area contributed by atoms with Gasteiger partial charge in [-0.2, -0.15) is 0 Å². The predicted molar refractivity (Wildman–Crippen MR) is 79.8 cm³/mol. The third kappa shape index (κ3) is 4.02. The van der Waals surface area contributed by atoms with Gasteiger partial charge in [0, 0.05) is 39.4 Å². The van der Waals surface area contributed by atoms with Crippen LogP contribution >= 0.6 is 0 Å². The Morgan fingerprint density at radius 2 is 1.70 bits per heavy atom. The van der Waals surface area contributed by atoms with E-state index < -0.39 is 8.80 Å². The fourth-order valence-corrected chi connectivity index (χ4v) is 4.40. The van der Waals surface area contributed by atoms with E-state index in [0.29, 0.717) is 0 Å². The van der Waals surface area contributed by atoms with Gasteiger partial charge < -0.3 is 22.8 Å². The van der Waals surface area contributed by atoms with E-state index in [1.54, 1.807) is 21.3 Å².